The van der Waals surface area contributed by atoms with Crippen molar-refractivity contribution in [3.8, 4) is 0 Å². The van der Waals surface area contributed by atoms with Gasteiger partial charge < -0.3 is 0 Å². The lowest BCUT2D eigenvalue weighted by atomic mass is 10.1. The van der Waals surface area contributed by atoms with Gasteiger partial charge in [0.1, 0.15) is 0 Å². The van der Waals surface area contributed by atoms with Crippen molar-refractivity contribution in [1.82, 2.24) is 10.2 Å². The van der Waals surface area contributed by atoms with Crippen molar-refractivity contribution in [3.05, 3.63) is 71.3 Å². The summed E-state index contributed by atoms with van der Waals surface area (Å²) in [5, 5.41) is 11.6. The first-order valence-corrected chi connectivity index (χ1v) is 11.1. The summed E-state index contributed by atoms with van der Waals surface area (Å²) in [5.74, 6) is 2.03. The Hall–Kier alpha value is -1.83. The van der Waals surface area contributed by atoms with Gasteiger partial charge in [0.05, 0.1) is 5.75 Å². The highest BCUT2D eigenvalue weighted by atomic mass is 32.2. The van der Waals surface area contributed by atoms with Gasteiger partial charge in [0.15, 0.2) is 4.34 Å². The van der Waals surface area contributed by atoms with Gasteiger partial charge in [-0.15, -0.1) is 22.0 Å². The van der Waals surface area contributed by atoms with Crippen molar-refractivity contribution in [2.24, 2.45) is 0 Å². The van der Waals surface area contributed by atoms with Crippen molar-refractivity contribution in [3.63, 3.8) is 0 Å². The van der Waals surface area contributed by atoms with Gasteiger partial charge in [0.2, 0.25) is 11.0 Å². The second-order valence-electron chi connectivity index (χ2n) is 5.61. The lowest BCUT2D eigenvalue weighted by molar-refractivity contribution is -0.113. The minimum Gasteiger partial charge on any atom is -0.300 e. The van der Waals surface area contributed by atoms with Crippen LogP contribution in [0, 0.1) is 6.92 Å². The maximum atomic E-state index is 12.1. The molecule has 0 aliphatic rings. The number of thioether (sulfide) groups is 2. The van der Waals surface area contributed by atoms with Crippen LogP contribution in [0.25, 0.3) is 0 Å². The topological polar surface area (TPSA) is 54.9 Å². The minimum absolute atomic E-state index is 0.0423. The molecule has 3 aromatic rings. The van der Waals surface area contributed by atoms with Crippen LogP contribution in [0.2, 0.25) is 0 Å². The van der Waals surface area contributed by atoms with E-state index in [0.717, 1.165) is 15.8 Å². The summed E-state index contributed by atoms with van der Waals surface area (Å²) in [6.07, 6.45) is 0. The number of aryl methyl sites for hydroxylation is 1. The number of hydrogen-bond acceptors (Lipinski definition) is 6. The molecular weight excluding hydrogens is 382 g/mol. The molecule has 0 fully saturated rings. The largest absolute Gasteiger partial charge is 0.300 e. The number of carbonyl (C=O) groups is 1. The fourth-order valence-corrected chi connectivity index (χ4v) is 4.85. The average molecular weight is 402 g/mol. The summed E-state index contributed by atoms with van der Waals surface area (Å²) in [6, 6.07) is 18.5. The van der Waals surface area contributed by atoms with E-state index in [2.05, 4.69) is 46.7 Å². The molecule has 0 saturated carbocycles. The SMILES string of the molecule is Cc1ccccc1CSCC(=O)Nc1nnc(SCc2ccccc2)s1. The van der Waals surface area contributed by atoms with Crippen LogP contribution in [-0.2, 0) is 16.3 Å². The third kappa shape index (κ3) is 5.86. The lowest BCUT2D eigenvalue weighted by Crippen LogP contribution is -2.14. The van der Waals surface area contributed by atoms with Crippen molar-refractivity contribution >= 4 is 45.9 Å². The molecule has 0 spiro atoms. The predicted octanol–water partition coefficient (Wildman–Crippen LogP) is 5.01. The van der Waals surface area contributed by atoms with Gasteiger partial charge in [-0.3, -0.25) is 10.1 Å². The molecule has 0 aliphatic heterocycles. The zero-order valence-corrected chi connectivity index (χ0v) is 16.8. The summed E-state index contributed by atoms with van der Waals surface area (Å²) in [4.78, 5) is 12.1. The summed E-state index contributed by atoms with van der Waals surface area (Å²) >= 11 is 4.64. The molecular formula is C19H19N3OS3. The molecule has 4 nitrogen and oxygen atoms in total. The van der Waals surface area contributed by atoms with Crippen LogP contribution in [-0.4, -0.2) is 21.9 Å². The lowest BCUT2D eigenvalue weighted by Gasteiger charge is -2.05. The van der Waals surface area contributed by atoms with E-state index in [9.17, 15) is 4.79 Å². The molecule has 2 aromatic carbocycles. The Morgan fingerprint density at radius 3 is 2.62 bits per heavy atom. The van der Waals surface area contributed by atoms with Crippen molar-refractivity contribution in [1.29, 1.82) is 0 Å². The molecule has 26 heavy (non-hydrogen) atoms. The number of amides is 1. The standard InChI is InChI=1S/C19H19N3OS3/c1-14-7-5-6-10-16(14)12-24-13-17(23)20-18-21-22-19(26-18)25-11-15-8-3-2-4-9-15/h2-10H,11-13H2,1H3,(H,20,21,23). The Morgan fingerprint density at radius 1 is 1.04 bits per heavy atom. The number of nitrogens with one attached hydrogen (secondary N) is 1. The number of aromatic nitrogens is 2. The van der Waals surface area contributed by atoms with E-state index in [-0.39, 0.29) is 5.91 Å². The van der Waals surface area contributed by atoms with Gasteiger partial charge in [-0.2, -0.15) is 0 Å². The van der Waals surface area contributed by atoms with Crippen LogP contribution in [0.1, 0.15) is 16.7 Å². The Kier molecular flexibility index (Phi) is 7.11. The third-order valence-electron chi connectivity index (χ3n) is 3.61. The molecule has 7 heteroatoms. The predicted molar refractivity (Wildman–Crippen MR) is 112 cm³/mol. The Morgan fingerprint density at radius 2 is 1.81 bits per heavy atom. The maximum absolute atomic E-state index is 12.1. The summed E-state index contributed by atoms with van der Waals surface area (Å²) < 4.78 is 0.858. The van der Waals surface area contributed by atoms with Gasteiger partial charge in [-0.05, 0) is 23.6 Å². The average Bonchev–Trinajstić information content (AvgIpc) is 3.10. The molecule has 0 atom stereocenters. The molecule has 0 bridgehead atoms. The first kappa shape index (κ1) is 18.9. The van der Waals surface area contributed by atoms with Crippen LogP contribution >= 0.6 is 34.9 Å². The quantitative estimate of drug-likeness (QED) is 0.425. The highest BCUT2D eigenvalue weighted by Gasteiger charge is 2.09. The Bertz CT molecular complexity index is 852. The fraction of sp³-hybridized carbons (Fsp3) is 0.211. The highest BCUT2D eigenvalue weighted by Crippen LogP contribution is 2.28. The van der Waals surface area contributed by atoms with E-state index in [0.29, 0.717) is 10.9 Å². The zero-order chi connectivity index (χ0) is 18.2. The number of nitrogens with zero attached hydrogens (tertiary/aromatic N) is 2. The van der Waals surface area contributed by atoms with E-state index in [4.69, 9.17) is 0 Å². The molecule has 0 aliphatic carbocycles. The molecule has 1 amide bonds. The van der Waals surface area contributed by atoms with Gasteiger partial charge >= 0.3 is 0 Å². The molecule has 1 heterocycles. The fourth-order valence-electron chi connectivity index (χ4n) is 2.22. The van der Waals surface area contributed by atoms with Gasteiger partial charge in [-0.25, -0.2) is 0 Å². The smallest absolute Gasteiger partial charge is 0.236 e. The van der Waals surface area contributed by atoms with Crippen LogP contribution in [0.15, 0.2) is 58.9 Å². The van der Waals surface area contributed by atoms with Crippen LogP contribution in [0.4, 0.5) is 5.13 Å². The Labute approximate surface area is 165 Å². The Balaban J connectivity index is 1.42. The third-order valence-corrected chi connectivity index (χ3v) is 6.63. The first-order chi connectivity index (χ1) is 12.7. The van der Waals surface area contributed by atoms with E-state index in [1.165, 1.54) is 28.0 Å². The van der Waals surface area contributed by atoms with E-state index < -0.39 is 0 Å². The highest BCUT2D eigenvalue weighted by molar-refractivity contribution is 8.00. The van der Waals surface area contributed by atoms with Crippen molar-refractivity contribution in [2.45, 2.75) is 22.8 Å². The van der Waals surface area contributed by atoms with Crippen LogP contribution in [0.5, 0.6) is 0 Å². The molecule has 3 rings (SSSR count). The monoisotopic (exact) mass is 401 g/mol. The van der Waals surface area contributed by atoms with Crippen molar-refractivity contribution < 1.29 is 4.79 Å². The molecule has 1 N–H and O–H groups in total. The minimum atomic E-state index is -0.0423. The van der Waals surface area contributed by atoms with Crippen molar-refractivity contribution in [2.75, 3.05) is 11.1 Å². The molecule has 134 valence electrons. The second-order valence-corrected chi connectivity index (χ2v) is 8.80. The maximum Gasteiger partial charge on any atom is 0.236 e. The number of hydrogen-bond donors (Lipinski definition) is 1. The molecule has 0 saturated heterocycles. The number of benzene rings is 2. The van der Waals surface area contributed by atoms with Gasteiger partial charge in [0, 0.05) is 11.5 Å². The van der Waals surface area contributed by atoms with E-state index in [1.807, 2.05) is 30.3 Å². The number of anilines is 1. The van der Waals surface area contributed by atoms with E-state index in [1.54, 1.807) is 23.5 Å². The normalized spacial score (nSPS) is 10.7. The first-order valence-electron chi connectivity index (χ1n) is 8.13. The zero-order valence-electron chi connectivity index (χ0n) is 14.3. The molecule has 1 aromatic heterocycles. The number of carbonyl (C=O) groups excluding carboxylic acids is 1. The van der Waals surface area contributed by atoms with E-state index >= 15 is 0 Å². The second kappa shape index (κ2) is 9.75. The number of rotatable bonds is 8. The summed E-state index contributed by atoms with van der Waals surface area (Å²) in [5.41, 5.74) is 3.76. The summed E-state index contributed by atoms with van der Waals surface area (Å²) in [7, 11) is 0. The van der Waals surface area contributed by atoms with Gasteiger partial charge in [0.25, 0.3) is 0 Å². The van der Waals surface area contributed by atoms with Gasteiger partial charge in [-0.1, -0.05) is 77.7 Å². The summed E-state index contributed by atoms with van der Waals surface area (Å²) in [6.45, 7) is 2.09. The molecule has 0 unspecified atom stereocenters. The molecule has 0 radical (unpaired) electrons. The van der Waals surface area contributed by atoms with Crippen LogP contribution < -0.4 is 5.32 Å². The van der Waals surface area contributed by atoms with Crippen LogP contribution in [0.3, 0.4) is 0 Å².